The molecule has 3 aliphatic rings. The van der Waals surface area contributed by atoms with Crippen LogP contribution in [0.3, 0.4) is 0 Å². The van der Waals surface area contributed by atoms with Gasteiger partial charge < -0.3 is 15.7 Å². The molecule has 0 aliphatic heterocycles. The number of aromatic hydroxyl groups is 1. The van der Waals surface area contributed by atoms with Crippen molar-refractivity contribution in [2.45, 2.75) is 37.8 Å². The van der Waals surface area contributed by atoms with Gasteiger partial charge in [-0.1, -0.05) is 140 Å². The molecule has 3 heteroatoms. The van der Waals surface area contributed by atoms with E-state index in [9.17, 15) is 5.11 Å². The minimum Gasteiger partial charge on any atom is -0.507 e. The molecule has 0 saturated heterocycles. The van der Waals surface area contributed by atoms with E-state index < -0.39 is 0 Å². The Labute approximate surface area is 272 Å². The molecule has 46 heavy (non-hydrogen) atoms. The zero-order valence-electron chi connectivity index (χ0n) is 26.2. The Kier molecular flexibility index (Phi) is 8.56. The van der Waals surface area contributed by atoms with E-state index in [4.69, 9.17) is 0 Å². The third kappa shape index (κ3) is 6.55. The Morgan fingerprint density at radius 3 is 2.30 bits per heavy atom. The molecule has 228 valence electrons. The van der Waals surface area contributed by atoms with Crippen LogP contribution < -0.4 is 10.6 Å². The number of anilines is 2. The van der Waals surface area contributed by atoms with E-state index in [1.165, 1.54) is 33.5 Å². The molecule has 0 bridgehead atoms. The summed E-state index contributed by atoms with van der Waals surface area (Å²) >= 11 is 0. The van der Waals surface area contributed by atoms with Crippen LogP contribution in [0.15, 0.2) is 158 Å². The molecule has 0 heterocycles. The molecule has 0 radical (unpaired) electrons. The second-order valence-corrected chi connectivity index (χ2v) is 12.5. The Balaban J connectivity index is 1.11. The lowest BCUT2D eigenvalue weighted by Crippen LogP contribution is -2.22. The SMILES string of the molecule is CC1C=CC=CC1c1ccc(NC2C=CC(c3ccccc3)=CC2)cc1NC1C=CC=C(c2cccc(-c3ccccc3O)c2)C1. The summed E-state index contributed by atoms with van der Waals surface area (Å²) in [6, 6.07) is 33.8. The van der Waals surface area contributed by atoms with E-state index in [2.05, 4.69) is 151 Å². The van der Waals surface area contributed by atoms with Gasteiger partial charge >= 0.3 is 0 Å². The lowest BCUT2D eigenvalue weighted by molar-refractivity contribution is 0.477. The van der Waals surface area contributed by atoms with E-state index in [1.54, 1.807) is 6.07 Å². The van der Waals surface area contributed by atoms with Crippen LogP contribution in [0.2, 0.25) is 0 Å². The van der Waals surface area contributed by atoms with Gasteiger partial charge in [-0.15, -0.1) is 0 Å². The fourth-order valence-corrected chi connectivity index (χ4v) is 6.75. The Bertz CT molecular complexity index is 1890. The van der Waals surface area contributed by atoms with Crippen LogP contribution in [0.25, 0.3) is 22.3 Å². The summed E-state index contributed by atoms with van der Waals surface area (Å²) < 4.78 is 0. The highest BCUT2D eigenvalue weighted by molar-refractivity contribution is 5.78. The maximum atomic E-state index is 10.5. The van der Waals surface area contributed by atoms with Gasteiger partial charge in [0.2, 0.25) is 0 Å². The lowest BCUT2D eigenvalue weighted by Gasteiger charge is -2.28. The molecular weight excluding hydrogens is 560 g/mol. The van der Waals surface area contributed by atoms with Crippen molar-refractivity contribution >= 4 is 22.5 Å². The first-order valence-corrected chi connectivity index (χ1v) is 16.3. The van der Waals surface area contributed by atoms with Crippen molar-refractivity contribution in [3.63, 3.8) is 0 Å². The predicted molar refractivity (Wildman–Crippen MR) is 195 cm³/mol. The van der Waals surface area contributed by atoms with Gasteiger partial charge in [0.15, 0.2) is 0 Å². The number of phenolic OH excluding ortho intramolecular Hbond substituents is 1. The van der Waals surface area contributed by atoms with Crippen LogP contribution in [0.4, 0.5) is 11.4 Å². The van der Waals surface area contributed by atoms with Gasteiger partial charge in [0.1, 0.15) is 5.75 Å². The van der Waals surface area contributed by atoms with Crippen LogP contribution in [0.5, 0.6) is 5.75 Å². The van der Waals surface area contributed by atoms with Crippen LogP contribution in [-0.4, -0.2) is 17.2 Å². The third-order valence-corrected chi connectivity index (χ3v) is 9.25. The van der Waals surface area contributed by atoms with Crippen molar-refractivity contribution in [3.05, 3.63) is 175 Å². The zero-order valence-corrected chi connectivity index (χ0v) is 26.2. The summed E-state index contributed by atoms with van der Waals surface area (Å²) in [7, 11) is 0. The van der Waals surface area contributed by atoms with Crippen LogP contribution >= 0.6 is 0 Å². The molecule has 0 saturated carbocycles. The fourth-order valence-electron chi connectivity index (χ4n) is 6.75. The molecule has 3 nitrogen and oxygen atoms in total. The van der Waals surface area contributed by atoms with Gasteiger partial charge in [0.25, 0.3) is 0 Å². The summed E-state index contributed by atoms with van der Waals surface area (Å²) in [5.74, 6) is 1.03. The molecule has 0 amide bonds. The molecule has 7 rings (SSSR count). The average molecular weight is 601 g/mol. The molecular formula is C43H40N2O. The van der Waals surface area contributed by atoms with Gasteiger partial charge in [-0.3, -0.25) is 0 Å². The maximum Gasteiger partial charge on any atom is 0.123 e. The molecule has 3 N–H and O–H groups in total. The van der Waals surface area contributed by atoms with E-state index in [0.717, 1.165) is 29.7 Å². The number of phenols is 1. The van der Waals surface area contributed by atoms with Gasteiger partial charge in [-0.25, -0.2) is 0 Å². The van der Waals surface area contributed by atoms with Crippen LogP contribution in [0.1, 0.15) is 42.4 Å². The van der Waals surface area contributed by atoms with Crippen LogP contribution in [0, 0.1) is 5.92 Å². The number of para-hydroxylation sites is 1. The molecule has 3 aliphatic carbocycles. The molecule has 4 atom stereocenters. The number of nitrogens with one attached hydrogen (secondary N) is 2. The summed E-state index contributed by atoms with van der Waals surface area (Å²) in [5, 5.41) is 18.2. The number of hydrogen-bond donors (Lipinski definition) is 3. The molecule has 4 aromatic rings. The van der Waals surface area contributed by atoms with E-state index in [1.807, 2.05) is 18.2 Å². The first-order chi connectivity index (χ1) is 22.6. The highest BCUT2D eigenvalue weighted by Gasteiger charge is 2.22. The first kappa shape index (κ1) is 29.4. The lowest BCUT2D eigenvalue weighted by atomic mass is 9.83. The summed E-state index contributed by atoms with van der Waals surface area (Å²) in [6.07, 6.45) is 24.2. The minimum atomic E-state index is 0.146. The summed E-state index contributed by atoms with van der Waals surface area (Å²) in [5.41, 5.74) is 10.5. The summed E-state index contributed by atoms with van der Waals surface area (Å²) in [4.78, 5) is 0. The summed E-state index contributed by atoms with van der Waals surface area (Å²) in [6.45, 7) is 2.29. The fraction of sp³-hybridized carbons (Fsp3) is 0.163. The van der Waals surface area contributed by atoms with Crippen molar-refractivity contribution in [3.8, 4) is 16.9 Å². The van der Waals surface area contributed by atoms with Gasteiger partial charge in [-0.2, -0.15) is 0 Å². The van der Waals surface area contributed by atoms with Crippen molar-refractivity contribution in [1.29, 1.82) is 0 Å². The average Bonchev–Trinajstić information content (AvgIpc) is 3.10. The van der Waals surface area contributed by atoms with Crippen molar-refractivity contribution in [2.75, 3.05) is 10.6 Å². The largest absolute Gasteiger partial charge is 0.507 e. The first-order valence-electron chi connectivity index (χ1n) is 16.3. The topological polar surface area (TPSA) is 44.3 Å². The Hall–Kier alpha value is -5.28. The maximum absolute atomic E-state index is 10.5. The molecule has 0 fully saturated rings. The van der Waals surface area contributed by atoms with Crippen LogP contribution in [-0.2, 0) is 0 Å². The van der Waals surface area contributed by atoms with E-state index in [0.29, 0.717) is 17.6 Å². The van der Waals surface area contributed by atoms with Crippen molar-refractivity contribution in [2.24, 2.45) is 5.92 Å². The molecule has 4 aromatic carbocycles. The molecule has 0 spiro atoms. The number of rotatable bonds is 8. The van der Waals surface area contributed by atoms with Gasteiger partial charge in [0, 0.05) is 34.9 Å². The Morgan fingerprint density at radius 1 is 0.674 bits per heavy atom. The third-order valence-electron chi connectivity index (χ3n) is 9.25. The van der Waals surface area contributed by atoms with Gasteiger partial charge in [0.05, 0.1) is 0 Å². The normalized spacial score (nSPS) is 21.8. The highest BCUT2D eigenvalue weighted by atomic mass is 16.3. The predicted octanol–water partition coefficient (Wildman–Crippen LogP) is 10.6. The number of benzene rings is 4. The highest BCUT2D eigenvalue weighted by Crippen LogP contribution is 2.38. The smallest absolute Gasteiger partial charge is 0.123 e. The van der Waals surface area contributed by atoms with E-state index in [-0.39, 0.29) is 12.1 Å². The van der Waals surface area contributed by atoms with Crippen molar-refractivity contribution < 1.29 is 5.11 Å². The van der Waals surface area contributed by atoms with Gasteiger partial charge in [-0.05, 0) is 76.4 Å². The molecule has 0 aromatic heterocycles. The number of hydrogen-bond acceptors (Lipinski definition) is 3. The van der Waals surface area contributed by atoms with Crippen molar-refractivity contribution in [1.82, 2.24) is 0 Å². The zero-order chi connectivity index (χ0) is 31.3. The second kappa shape index (κ2) is 13.4. The van der Waals surface area contributed by atoms with E-state index >= 15 is 0 Å². The molecule has 4 unspecified atom stereocenters. The minimum absolute atomic E-state index is 0.146. The second-order valence-electron chi connectivity index (χ2n) is 12.5. The number of allylic oxidation sites excluding steroid dienone is 8. The monoisotopic (exact) mass is 600 g/mol. The standard InChI is InChI=1S/C43H40N2O/c1-30-11-5-6-18-39(30)41-26-25-38(44-36-23-21-32(22-24-36)31-12-3-2-4-13-31)29-42(41)45-37-17-10-15-34(28-37)33-14-9-16-35(27-33)40-19-7-8-20-43(40)46/h2-23,25-27,29-30,36-37,39,44-46H,24,28H2,1H3. The quantitative estimate of drug-likeness (QED) is 0.189. The Morgan fingerprint density at radius 2 is 1.48 bits per heavy atom.